The predicted octanol–water partition coefficient (Wildman–Crippen LogP) is 1.41. The third kappa shape index (κ3) is 3.02. The first-order valence-corrected chi connectivity index (χ1v) is 7.51. The highest BCUT2D eigenvalue weighted by Crippen LogP contribution is 2.33. The topological polar surface area (TPSA) is 118 Å². The van der Waals surface area contributed by atoms with Crippen LogP contribution in [0.25, 0.3) is 0 Å². The van der Waals surface area contributed by atoms with E-state index in [1.54, 1.807) is 0 Å². The number of oxime groups is 1. The van der Waals surface area contributed by atoms with Gasteiger partial charge in [0.05, 0.1) is 4.92 Å². The number of aromatic nitrogens is 1. The van der Waals surface area contributed by atoms with E-state index in [0.717, 1.165) is 5.75 Å². The molecule has 2 heterocycles. The Labute approximate surface area is 126 Å². The number of thioether (sulfide) groups is 1. The average Bonchev–Trinajstić information content (AvgIpc) is 2.48. The smallest absolute Gasteiger partial charge is 0.312 e. The second-order valence-corrected chi connectivity index (χ2v) is 6.30. The van der Waals surface area contributed by atoms with Crippen molar-refractivity contribution >= 4 is 29.1 Å². The van der Waals surface area contributed by atoms with Crippen LogP contribution in [0.3, 0.4) is 0 Å². The van der Waals surface area contributed by atoms with Crippen LogP contribution in [0.4, 0.5) is 11.5 Å². The molecule has 2 unspecified atom stereocenters. The van der Waals surface area contributed by atoms with Gasteiger partial charge in [-0.05, 0) is 6.92 Å². The molecule has 1 saturated heterocycles. The zero-order valence-electron chi connectivity index (χ0n) is 11.8. The molecule has 2 atom stereocenters. The Hall–Kier alpha value is -2.03. The van der Waals surface area contributed by atoms with Gasteiger partial charge in [0, 0.05) is 41.4 Å². The predicted molar refractivity (Wildman–Crippen MR) is 82.1 cm³/mol. The zero-order chi connectivity index (χ0) is 15.6. The van der Waals surface area contributed by atoms with Crippen LogP contribution < -0.4 is 10.6 Å². The fraction of sp³-hybridized carbons (Fsp3) is 0.500. The lowest BCUT2D eigenvalue weighted by molar-refractivity contribution is -0.384. The van der Waals surface area contributed by atoms with E-state index in [4.69, 9.17) is 10.9 Å². The standard InChI is InChI=1S/C12H17N5O3S/c1-7-8(2)21-4-3-16(7)12-10(17(19)20)5-9(6-14-12)11(13)15-18/h5-8,18H,3-4H2,1-2H3,(H2,13,15). The molecule has 1 aliphatic heterocycles. The molecule has 0 radical (unpaired) electrons. The molecule has 3 N–H and O–H groups in total. The van der Waals surface area contributed by atoms with Gasteiger partial charge in [-0.15, -0.1) is 0 Å². The van der Waals surface area contributed by atoms with Gasteiger partial charge in [0.25, 0.3) is 0 Å². The van der Waals surface area contributed by atoms with Gasteiger partial charge in [0.1, 0.15) is 0 Å². The summed E-state index contributed by atoms with van der Waals surface area (Å²) >= 11 is 1.84. The Kier molecular flexibility index (Phi) is 4.51. The van der Waals surface area contributed by atoms with Crippen LogP contribution in [0.5, 0.6) is 0 Å². The van der Waals surface area contributed by atoms with Gasteiger partial charge < -0.3 is 15.8 Å². The molecule has 0 aliphatic carbocycles. The summed E-state index contributed by atoms with van der Waals surface area (Å²) in [5.41, 5.74) is 5.55. The molecule has 1 aromatic rings. The summed E-state index contributed by atoms with van der Waals surface area (Å²) < 4.78 is 0. The fourth-order valence-electron chi connectivity index (χ4n) is 2.23. The molecule has 0 saturated carbocycles. The molecular formula is C12H17N5O3S. The van der Waals surface area contributed by atoms with E-state index in [-0.39, 0.29) is 23.1 Å². The van der Waals surface area contributed by atoms with Crippen molar-refractivity contribution in [3.63, 3.8) is 0 Å². The van der Waals surface area contributed by atoms with Gasteiger partial charge in [-0.25, -0.2) is 4.98 Å². The highest BCUT2D eigenvalue weighted by molar-refractivity contribution is 8.00. The number of amidine groups is 1. The summed E-state index contributed by atoms with van der Waals surface area (Å²) in [7, 11) is 0. The first-order valence-electron chi connectivity index (χ1n) is 6.46. The summed E-state index contributed by atoms with van der Waals surface area (Å²) in [6, 6.07) is 1.43. The Morgan fingerprint density at radius 3 is 3.00 bits per heavy atom. The maximum Gasteiger partial charge on any atom is 0.312 e. The number of hydrogen-bond donors (Lipinski definition) is 2. The van der Waals surface area contributed by atoms with Crippen molar-refractivity contribution < 1.29 is 10.1 Å². The van der Waals surface area contributed by atoms with Crippen LogP contribution in [-0.2, 0) is 0 Å². The summed E-state index contributed by atoms with van der Waals surface area (Å²) in [5.74, 6) is 1.02. The van der Waals surface area contributed by atoms with E-state index >= 15 is 0 Å². The van der Waals surface area contributed by atoms with Crippen molar-refractivity contribution in [2.24, 2.45) is 10.9 Å². The Balaban J connectivity index is 2.46. The first kappa shape index (κ1) is 15.4. The molecule has 0 aromatic carbocycles. The van der Waals surface area contributed by atoms with Crippen molar-refractivity contribution in [3.8, 4) is 0 Å². The minimum atomic E-state index is -0.490. The molecule has 1 fully saturated rings. The third-order valence-electron chi connectivity index (χ3n) is 3.60. The molecule has 1 aromatic heterocycles. The van der Waals surface area contributed by atoms with E-state index < -0.39 is 4.92 Å². The van der Waals surface area contributed by atoms with Crippen molar-refractivity contribution in [3.05, 3.63) is 27.9 Å². The number of hydrogen-bond acceptors (Lipinski definition) is 7. The van der Waals surface area contributed by atoms with E-state index in [0.29, 0.717) is 17.6 Å². The van der Waals surface area contributed by atoms with Crippen LogP contribution in [-0.4, -0.2) is 44.5 Å². The van der Waals surface area contributed by atoms with Gasteiger partial charge >= 0.3 is 5.69 Å². The van der Waals surface area contributed by atoms with Gasteiger partial charge in [0.2, 0.25) is 5.82 Å². The summed E-state index contributed by atoms with van der Waals surface area (Å²) in [6.45, 7) is 4.82. The highest BCUT2D eigenvalue weighted by Gasteiger charge is 2.31. The SMILES string of the molecule is CC1SCCN(c2ncc(C(N)=NO)cc2[N+](=O)[O-])C1C. The molecular weight excluding hydrogens is 294 g/mol. The van der Waals surface area contributed by atoms with Crippen molar-refractivity contribution in [1.82, 2.24) is 4.98 Å². The normalized spacial score (nSPS) is 23.1. The summed E-state index contributed by atoms with van der Waals surface area (Å²) in [5, 5.41) is 23.2. The van der Waals surface area contributed by atoms with Crippen molar-refractivity contribution in [1.29, 1.82) is 0 Å². The molecule has 0 bridgehead atoms. The molecule has 0 amide bonds. The van der Waals surface area contributed by atoms with Gasteiger partial charge in [-0.3, -0.25) is 10.1 Å². The molecule has 8 nitrogen and oxygen atoms in total. The lowest BCUT2D eigenvalue weighted by Crippen LogP contribution is -2.45. The minimum absolute atomic E-state index is 0.134. The first-order chi connectivity index (χ1) is 9.95. The maximum absolute atomic E-state index is 11.3. The number of nitro groups is 1. The van der Waals surface area contributed by atoms with Crippen LogP contribution >= 0.6 is 11.8 Å². The van der Waals surface area contributed by atoms with E-state index in [1.165, 1.54) is 12.3 Å². The average molecular weight is 311 g/mol. The monoisotopic (exact) mass is 311 g/mol. The van der Waals surface area contributed by atoms with Crippen LogP contribution in [0, 0.1) is 10.1 Å². The highest BCUT2D eigenvalue weighted by atomic mass is 32.2. The molecule has 2 rings (SSSR count). The zero-order valence-corrected chi connectivity index (χ0v) is 12.6. The number of nitrogens with two attached hydrogens (primary N) is 1. The number of anilines is 1. The maximum atomic E-state index is 11.3. The van der Waals surface area contributed by atoms with Gasteiger partial charge in [-0.1, -0.05) is 12.1 Å². The second-order valence-electron chi connectivity index (χ2n) is 4.82. The fourth-order valence-corrected chi connectivity index (χ4v) is 3.33. The molecule has 114 valence electrons. The van der Waals surface area contributed by atoms with E-state index in [2.05, 4.69) is 17.1 Å². The van der Waals surface area contributed by atoms with Crippen molar-refractivity contribution in [2.45, 2.75) is 25.1 Å². The van der Waals surface area contributed by atoms with Crippen LogP contribution in [0.15, 0.2) is 17.4 Å². The van der Waals surface area contributed by atoms with Gasteiger partial charge in [0.15, 0.2) is 5.84 Å². The lowest BCUT2D eigenvalue weighted by atomic mass is 10.1. The summed E-state index contributed by atoms with van der Waals surface area (Å²) in [6.07, 6.45) is 1.39. The molecule has 21 heavy (non-hydrogen) atoms. The quantitative estimate of drug-likeness (QED) is 0.285. The van der Waals surface area contributed by atoms with Crippen LogP contribution in [0.1, 0.15) is 19.4 Å². The lowest BCUT2D eigenvalue weighted by Gasteiger charge is -2.37. The third-order valence-corrected chi connectivity index (χ3v) is 4.94. The Bertz CT molecular complexity index is 580. The Morgan fingerprint density at radius 2 is 2.38 bits per heavy atom. The largest absolute Gasteiger partial charge is 0.409 e. The molecule has 1 aliphatic rings. The number of pyridine rings is 1. The Morgan fingerprint density at radius 1 is 1.67 bits per heavy atom. The molecule has 0 spiro atoms. The summed E-state index contributed by atoms with van der Waals surface area (Å²) in [4.78, 5) is 16.9. The van der Waals surface area contributed by atoms with Crippen LogP contribution in [0.2, 0.25) is 0 Å². The minimum Gasteiger partial charge on any atom is -0.409 e. The number of rotatable bonds is 3. The van der Waals surface area contributed by atoms with Crippen molar-refractivity contribution in [2.75, 3.05) is 17.2 Å². The van der Waals surface area contributed by atoms with E-state index in [1.807, 2.05) is 23.6 Å². The number of nitrogens with zero attached hydrogens (tertiary/aromatic N) is 4. The van der Waals surface area contributed by atoms with E-state index in [9.17, 15) is 10.1 Å². The van der Waals surface area contributed by atoms with Gasteiger partial charge in [-0.2, -0.15) is 11.8 Å². The second kappa shape index (κ2) is 6.17. The molecule has 9 heteroatoms.